The minimum absolute atomic E-state index is 0.0723. The first-order valence-electron chi connectivity index (χ1n) is 9.67. The highest BCUT2D eigenvalue weighted by molar-refractivity contribution is 6.33. The van der Waals surface area contributed by atoms with Crippen LogP contribution < -0.4 is 5.32 Å². The zero-order chi connectivity index (χ0) is 17.9. The van der Waals surface area contributed by atoms with E-state index in [4.69, 9.17) is 11.6 Å². The van der Waals surface area contributed by atoms with Crippen molar-refractivity contribution in [2.24, 2.45) is 5.92 Å². The molecule has 1 unspecified atom stereocenters. The first-order valence-corrected chi connectivity index (χ1v) is 10.1. The molecule has 2 atom stereocenters. The number of piperidine rings is 2. The zero-order valence-corrected chi connectivity index (χ0v) is 15.8. The van der Waals surface area contributed by atoms with Crippen LogP contribution in [-0.4, -0.2) is 41.1 Å². The van der Waals surface area contributed by atoms with Crippen molar-refractivity contribution >= 4 is 17.5 Å². The van der Waals surface area contributed by atoms with Crippen molar-refractivity contribution in [2.75, 3.05) is 19.6 Å². The Kier molecular flexibility index (Phi) is 5.32. The molecule has 0 spiro atoms. The molecule has 26 heavy (non-hydrogen) atoms. The van der Waals surface area contributed by atoms with E-state index in [1.165, 1.54) is 45.2 Å². The summed E-state index contributed by atoms with van der Waals surface area (Å²) in [6.07, 6.45) is 10.3. The van der Waals surface area contributed by atoms with E-state index >= 15 is 0 Å². The maximum Gasteiger partial charge on any atom is 0.252 e. The van der Waals surface area contributed by atoms with Crippen LogP contribution in [0.1, 0.15) is 42.5 Å². The standard InChI is InChI=1S/C21H26ClN3O/c22-19-9-8-17(24-10-3-4-11-24)14-18(19)21(26)23-15-16-6-5-13-25-12-2-1-7-20(16)25/h3-4,8-11,14,16,20H,1-2,5-7,12-13,15H2,(H,23,26)/t16-,20?/m0/s1. The number of hydrogen-bond acceptors (Lipinski definition) is 2. The third kappa shape index (κ3) is 3.67. The van der Waals surface area contributed by atoms with Crippen LogP contribution in [0.3, 0.4) is 0 Å². The van der Waals surface area contributed by atoms with Crippen molar-refractivity contribution < 1.29 is 4.79 Å². The van der Waals surface area contributed by atoms with Crippen LogP contribution in [0.25, 0.3) is 5.69 Å². The largest absolute Gasteiger partial charge is 0.352 e. The fraction of sp³-hybridized carbons (Fsp3) is 0.476. The summed E-state index contributed by atoms with van der Waals surface area (Å²) in [5, 5.41) is 3.66. The molecule has 0 aliphatic carbocycles. The molecule has 138 valence electrons. The van der Waals surface area contributed by atoms with Gasteiger partial charge in [-0.25, -0.2) is 0 Å². The van der Waals surface area contributed by atoms with Gasteiger partial charge in [0.2, 0.25) is 0 Å². The second kappa shape index (κ2) is 7.85. The predicted octanol–water partition coefficient (Wildman–Crippen LogP) is 4.13. The van der Waals surface area contributed by atoms with Crippen LogP contribution in [0.4, 0.5) is 0 Å². The Morgan fingerprint density at radius 2 is 1.92 bits per heavy atom. The van der Waals surface area contributed by atoms with Gasteiger partial charge in [-0.3, -0.25) is 4.79 Å². The van der Waals surface area contributed by atoms with Crippen LogP contribution >= 0.6 is 11.6 Å². The van der Waals surface area contributed by atoms with E-state index in [9.17, 15) is 4.79 Å². The number of carbonyl (C=O) groups excluding carboxylic acids is 1. The fourth-order valence-electron chi connectivity index (χ4n) is 4.49. The SMILES string of the molecule is O=C(NC[C@@H]1CCCN2CCCCC12)c1cc(-n2cccc2)ccc1Cl. The van der Waals surface area contributed by atoms with E-state index in [1.54, 1.807) is 6.07 Å². The lowest BCUT2D eigenvalue weighted by molar-refractivity contribution is 0.0575. The topological polar surface area (TPSA) is 37.3 Å². The molecule has 2 aliphatic heterocycles. The fourth-order valence-corrected chi connectivity index (χ4v) is 4.69. The van der Waals surface area contributed by atoms with Gasteiger partial charge in [0.25, 0.3) is 5.91 Å². The number of amides is 1. The van der Waals surface area contributed by atoms with Gasteiger partial charge in [-0.15, -0.1) is 0 Å². The number of nitrogens with zero attached hydrogens (tertiary/aromatic N) is 2. The molecule has 2 aromatic rings. The molecule has 1 aromatic heterocycles. The summed E-state index contributed by atoms with van der Waals surface area (Å²) in [7, 11) is 0. The van der Waals surface area contributed by atoms with Crippen molar-refractivity contribution in [3.63, 3.8) is 0 Å². The van der Waals surface area contributed by atoms with E-state index in [-0.39, 0.29) is 5.91 Å². The molecule has 0 saturated carbocycles. The Bertz CT molecular complexity index is 757. The van der Waals surface area contributed by atoms with E-state index in [0.717, 1.165) is 12.2 Å². The summed E-state index contributed by atoms with van der Waals surface area (Å²) >= 11 is 6.31. The Hall–Kier alpha value is -1.78. The highest BCUT2D eigenvalue weighted by Crippen LogP contribution is 2.30. The van der Waals surface area contributed by atoms with E-state index in [1.807, 2.05) is 41.2 Å². The van der Waals surface area contributed by atoms with Gasteiger partial charge >= 0.3 is 0 Å². The molecule has 2 saturated heterocycles. The second-order valence-electron chi connectivity index (χ2n) is 7.47. The molecule has 0 radical (unpaired) electrons. The molecule has 5 heteroatoms. The number of benzene rings is 1. The quantitative estimate of drug-likeness (QED) is 0.877. The summed E-state index contributed by atoms with van der Waals surface area (Å²) in [6, 6.07) is 10.2. The van der Waals surface area contributed by atoms with E-state index in [0.29, 0.717) is 22.5 Å². The Morgan fingerprint density at radius 3 is 2.77 bits per heavy atom. The van der Waals surface area contributed by atoms with Crippen LogP contribution in [0, 0.1) is 5.92 Å². The summed E-state index contributed by atoms with van der Waals surface area (Å²) in [6.45, 7) is 3.18. The normalized spacial score (nSPS) is 23.4. The molecular weight excluding hydrogens is 346 g/mol. The zero-order valence-electron chi connectivity index (χ0n) is 15.0. The molecular formula is C21H26ClN3O. The van der Waals surface area contributed by atoms with Gasteiger partial charge in [0.05, 0.1) is 10.6 Å². The first kappa shape index (κ1) is 17.6. The van der Waals surface area contributed by atoms with Gasteiger partial charge in [0.1, 0.15) is 0 Å². The van der Waals surface area contributed by atoms with Crippen molar-refractivity contribution in [3.05, 3.63) is 53.3 Å². The van der Waals surface area contributed by atoms with E-state index < -0.39 is 0 Å². The number of rotatable bonds is 4. The molecule has 2 fully saturated rings. The number of carbonyl (C=O) groups is 1. The minimum atomic E-state index is -0.0723. The smallest absolute Gasteiger partial charge is 0.252 e. The van der Waals surface area contributed by atoms with Crippen molar-refractivity contribution in [1.82, 2.24) is 14.8 Å². The first-order chi connectivity index (χ1) is 12.7. The molecule has 2 aliphatic rings. The van der Waals surface area contributed by atoms with Crippen LogP contribution in [-0.2, 0) is 0 Å². The lowest BCUT2D eigenvalue weighted by atomic mass is 9.83. The maximum absolute atomic E-state index is 12.8. The average molecular weight is 372 g/mol. The number of hydrogen-bond donors (Lipinski definition) is 1. The van der Waals surface area contributed by atoms with Gasteiger partial charge in [-0.05, 0) is 75.0 Å². The van der Waals surface area contributed by atoms with Crippen molar-refractivity contribution in [3.8, 4) is 5.69 Å². The van der Waals surface area contributed by atoms with Crippen LogP contribution in [0.15, 0.2) is 42.7 Å². The Morgan fingerprint density at radius 1 is 1.12 bits per heavy atom. The third-order valence-electron chi connectivity index (χ3n) is 5.85. The van der Waals surface area contributed by atoms with Crippen LogP contribution in [0.2, 0.25) is 5.02 Å². The van der Waals surface area contributed by atoms with E-state index in [2.05, 4.69) is 10.2 Å². The molecule has 1 aromatic carbocycles. The summed E-state index contributed by atoms with van der Waals surface area (Å²) in [5.41, 5.74) is 1.50. The number of halogens is 1. The van der Waals surface area contributed by atoms with Crippen LogP contribution in [0.5, 0.6) is 0 Å². The highest BCUT2D eigenvalue weighted by atomic mass is 35.5. The summed E-state index contributed by atoms with van der Waals surface area (Å²) < 4.78 is 1.98. The number of aromatic nitrogens is 1. The maximum atomic E-state index is 12.8. The number of nitrogens with one attached hydrogen (secondary N) is 1. The second-order valence-corrected chi connectivity index (χ2v) is 7.87. The summed E-state index contributed by atoms with van der Waals surface area (Å²) in [4.78, 5) is 15.4. The lowest BCUT2D eigenvalue weighted by Gasteiger charge is -2.44. The third-order valence-corrected chi connectivity index (χ3v) is 6.18. The lowest BCUT2D eigenvalue weighted by Crippen LogP contribution is -2.51. The van der Waals surface area contributed by atoms with Gasteiger partial charge < -0.3 is 14.8 Å². The molecule has 4 rings (SSSR count). The van der Waals surface area contributed by atoms with Gasteiger partial charge in [0.15, 0.2) is 0 Å². The Labute approximate surface area is 160 Å². The van der Waals surface area contributed by atoms with Crippen molar-refractivity contribution in [2.45, 2.75) is 38.1 Å². The molecule has 3 heterocycles. The minimum Gasteiger partial charge on any atom is -0.352 e. The molecule has 4 nitrogen and oxygen atoms in total. The molecule has 0 bridgehead atoms. The Balaban J connectivity index is 1.44. The highest BCUT2D eigenvalue weighted by Gasteiger charge is 2.33. The van der Waals surface area contributed by atoms with Gasteiger partial charge in [-0.1, -0.05) is 18.0 Å². The number of fused-ring (bicyclic) bond motifs is 1. The monoisotopic (exact) mass is 371 g/mol. The molecule has 1 amide bonds. The average Bonchev–Trinajstić information content (AvgIpc) is 3.21. The van der Waals surface area contributed by atoms with Gasteiger partial charge in [0, 0.05) is 30.7 Å². The van der Waals surface area contributed by atoms with Crippen molar-refractivity contribution in [1.29, 1.82) is 0 Å². The molecule has 1 N–H and O–H groups in total. The summed E-state index contributed by atoms with van der Waals surface area (Å²) in [5.74, 6) is 0.483. The van der Waals surface area contributed by atoms with Gasteiger partial charge in [-0.2, -0.15) is 0 Å². The predicted molar refractivity (Wildman–Crippen MR) is 105 cm³/mol.